The van der Waals surface area contributed by atoms with Crippen LogP contribution in [0.25, 0.3) is 0 Å². The van der Waals surface area contributed by atoms with Crippen LogP contribution in [0.4, 0.5) is 0 Å². The number of halogens is 2. The molecule has 0 saturated carbocycles. The van der Waals surface area contributed by atoms with Crippen molar-refractivity contribution in [3.8, 4) is 0 Å². The van der Waals surface area contributed by atoms with E-state index in [1.165, 1.54) is 5.56 Å². The fourth-order valence-corrected chi connectivity index (χ4v) is 3.87. The number of quaternary nitrogens is 1. The summed E-state index contributed by atoms with van der Waals surface area (Å²) in [5.74, 6) is -1.35. The normalized spacial score (nSPS) is 23.4. The van der Waals surface area contributed by atoms with E-state index < -0.39 is 11.9 Å². The molecule has 126 valence electrons. The first kappa shape index (κ1) is 17.3. The van der Waals surface area contributed by atoms with Gasteiger partial charge in [-0.05, 0) is 29.7 Å². The molecule has 3 nitrogen and oxygen atoms in total. The van der Waals surface area contributed by atoms with Crippen LogP contribution in [0, 0.1) is 5.92 Å². The van der Waals surface area contributed by atoms with Crippen molar-refractivity contribution in [2.45, 2.75) is 25.3 Å². The molecule has 0 radical (unpaired) electrons. The van der Waals surface area contributed by atoms with E-state index in [2.05, 4.69) is 24.4 Å². The molecule has 0 bridgehead atoms. The van der Waals surface area contributed by atoms with Crippen LogP contribution in [-0.4, -0.2) is 17.6 Å². The molecule has 2 unspecified atom stereocenters. The maximum atomic E-state index is 12.0. The van der Waals surface area contributed by atoms with Gasteiger partial charge in [-0.15, -0.1) is 0 Å². The summed E-state index contributed by atoms with van der Waals surface area (Å²) in [7, 11) is 0. The summed E-state index contributed by atoms with van der Waals surface area (Å²) in [4.78, 5) is 12.0. The summed E-state index contributed by atoms with van der Waals surface area (Å²) in [5, 5.41) is 12.9. The van der Waals surface area contributed by atoms with Gasteiger partial charge < -0.3 is 10.4 Å². The first-order valence-corrected chi connectivity index (χ1v) is 8.86. The smallest absolute Gasteiger partial charge is 0.313 e. The van der Waals surface area contributed by atoms with E-state index in [4.69, 9.17) is 23.2 Å². The predicted octanol–water partition coefficient (Wildman–Crippen LogP) is 3.66. The second-order valence-corrected chi connectivity index (χ2v) is 7.05. The van der Waals surface area contributed by atoms with Gasteiger partial charge in [0.05, 0.1) is 22.5 Å². The Balaban J connectivity index is 1.92. The van der Waals surface area contributed by atoms with E-state index >= 15 is 0 Å². The average molecular weight is 365 g/mol. The van der Waals surface area contributed by atoms with Crippen molar-refractivity contribution >= 4 is 29.2 Å². The summed E-state index contributed by atoms with van der Waals surface area (Å²) in [5.41, 5.74) is 3.24. The van der Waals surface area contributed by atoms with Crippen molar-refractivity contribution in [2.75, 3.05) is 6.54 Å². The zero-order valence-corrected chi connectivity index (χ0v) is 14.9. The Hall–Kier alpha value is -1.55. The number of aryl methyl sites for hydroxylation is 1. The van der Waals surface area contributed by atoms with Gasteiger partial charge >= 0.3 is 5.97 Å². The van der Waals surface area contributed by atoms with Crippen LogP contribution in [0.2, 0.25) is 10.0 Å². The second-order valence-electron chi connectivity index (χ2n) is 6.24. The van der Waals surface area contributed by atoms with E-state index in [-0.39, 0.29) is 12.0 Å². The van der Waals surface area contributed by atoms with Gasteiger partial charge in [0.2, 0.25) is 0 Å². The fraction of sp³-hybridized carbons (Fsp3) is 0.316. The van der Waals surface area contributed by atoms with Crippen molar-refractivity contribution in [3.05, 3.63) is 69.2 Å². The van der Waals surface area contributed by atoms with Crippen LogP contribution in [0.3, 0.4) is 0 Å². The molecule has 1 saturated heterocycles. The van der Waals surface area contributed by atoms with Crippen LogP contribution in [0.1, 0.15) is 35.6 Å². The highest BCUT2D eigenvalue weighted by Crippen LogP contribution is 2.37. The van der Waals surface area contributed by atoms with Crippen molar-refractivity contribution in [2.24, 2.45) is 5.92 Å². The molecule has 1 fully saturated rings. The highest BCUT2D eigenvalue weighted by molar-refractivity contribution is 6.42. The lowest BCUT2D eigenvalue weighted by molar-refractivity contribution is -0.679. The first-order chi connectivity index (χ1) is 11.5. The Kier molecular flexibility index (Phi) is 5.14. The molecule has 1 heterocycles. The lowest BCUT2D eigenvalue weighted by Crippen LogP contribution is -2.82. The van der Waals surface area contributed by atoms with E-state index in [0.29, 0.717) is 10.0 Å². The van der Waals surface area contributed by atoms with Crippen LogP contribution in [-0.2, 0) is 11.2 Å². The molecule has 0 spiro atoms. The molecule has 3 atom stereocenters. The van der Waals surface area contributed by atoms with Crippen LogP contribution in [0.5, 0.6) is 0 Å². The summed E-state index contributed by atoms with van der Waals surface area (Å²) in [6.45, 7) is 2.83. The molecule has 1 aliphatic rings. The minimum absolute atomic E-state index is 0.0897. The molecule has 2 aromatic rings. The molecule has 5 heteroatoms. The first-order valence-electron chi connectivity index (χ1n) is 8.11. The Morgan fingerprint density at radius 2 is 1.79 bits per heavy atom. The summed E-state index contributed by atoms with van der Waals surface area (Å²) in [6, 6.07) is 13.6. The number of rotatable bonds is 4. The molecule has 0 aliphatic carbocycles. The topological polar surface area (TPSA) is 53.9 Å². The number of carboxylic acids is 1. The Morgan fingerprint density at radius 1 is 1.12 bits per heavy atom. The minimum Gasteiger partial charge on any atom is -0.481 e. The van der Waals surface area contributed by atoms with Crippen molar-refractivity contribution in [1.82, 2.24) is 0 Å². The third-order valence-electron chi connectivity index (χ3n) is 4.89. The molecule has 2 aromatic carbocycles. The number of nitrogens with two attached hydrogens (primary N) is 1. The lowest BCUT2D eigenvalue weighted by atomic mass is 9.83. The maximum Gasteiger partial charge on any atom is 0.313 e. The summed E-state index contributed by atoms with van der Waals surface area (Å²) < 4.78 is 0. The second kappa shape index (κ2) is 7.14. The van der Waals surface area contributed by atoms with Gasteiger partial charge in [-0.2, -0.15) is 0 Å². The van der Waals surface area contributed by atoms with Crippen molar-refractivity contribution < 1.29 is 15.2 Å². The van der Waals surface area contributed by atoms with E-state index in [9.17, 15) is 9.90 Å². The average Bonchev–Trinajstić information content (AvgIpc) is 3.02. The zero-order valence-electron chi connectivity index (χ0n) is 13.4. The number of aliphatic carboxylic acids is 1. The van der Waals surface area contributed by atoms with Gasteiger partial charge in [0.1, 0.15) is 12.0 Å². The SMILES string of the molecule is CCc1ccc(C2[NH2+]CC(c3ccc(Cl)c(Cl)c3)[C@H]2C(=O)O)cc1. The number of carboxylic acid groups (broad SMARTS) is 1. The number of benzene rings is 2. The molecule has 3 N–H and O–H groups in total. The van der Waals surface area contributed by atoms with Gasteiger partial charge in [-0.1, -0.05) is 60.5 Å². The lowest BCUT2D eigenvalue weighted by Gasteiger charge is -2.18. The molecule has 1 aliphatic heterocycles. The van der Waals surface area contributed by atoms with E-state index in [1.807, 2.05) is 18.2 Å². The fourth-order valence-electron chi connectivity index (χ4n) is 3.57. The third kappa shape index (κ3) is 3.30. The van der Waals surface area contributed by atoms with Gasteiger partial charge in [0.15, 0.2) is 0 Å². The van der Waals surface area contributed by atoms with Crippen molar-refractivity contribution in [3.63, 3.8) is 0 Å². The van der Waals surface area contributed by atoms with E-state index in [1.54, 1.807) is 12.1 Å². The Labute approximate surface area is 151 Å². The zero-order chi connectivity index (χ0) is 17.3. The minimum atomic E-state index is -0.774. The van der Waals surface area contributed by atoms with Gasteiger partial charge in [0, 0.05) is 5.56 Å². The highest BCUT2D eigenvalue weighted by Gasteiger charge is 2.46. The standard InChI is InChI=1S/C19H19Cl2NO2/c1-2-11-3-5-12(6-4-11)18-17(19(23)24)14(10-22-18)13-7-8-15(20)16(21)9-13/h3-9,14,17-18,22H,2,10H2,1H3,(H,23,24)/p+1/t14?,17-,18?/m1/s1. The van der Waals surface area contributed by atoms with Crippen LogP contribution >= 0.6 is 23.2 Å². The highest BCUT2D eigenvalue weighted by atomic mass is 35.5. The number of hydrogen-bond acceptors (Lipinski definition) is 1. The molecular weight excluding hydrogens is 345 g/mol. The molecule has 0 amide bonds. The van der Waals surface area contributed by atoms with E-state index in [0.717, 1.165) is 24.1 Å². The molecular formula is C19H20Cl2NO2+. The largest absolute Gasteiger partial charge is 0.481 e. The maximum absolute atomic E-state index is 12.0. The third-order valence-corrected chi connectivity index (χ3v) is 5.63. The Morgan fingerprint density at radius 3 is 2.38 bits per heavy atom. The summed E-state index contributed by atoms with van der Waals surface area (Å²) in [6.07, 6.45) is 0.975. The Bertz CT molecular complexity index is 746. The quantitative estimate of drug-likeness (QED) is 0.869. The monoisotopic (exact) mass is 364 g/mol. The van der Waals surface area contributed by atoms with Gasteiger partial charge in [0.25, 0.3) is 0 Å². The molecule has 24 heavy (non-hydrogen) atoms. The van der Waals surface area contributed by atoms with Gasteiger partial charge in [-0.25, -0.2) is 0 Å². The van der Waals surface area contributed by atoms with Crippen molar-refractivity contribution in [1.29, 1.82) is 0 Å². The van der Waals surface area contributed by atoms with Crippen LogP contribution < -0.4 is 5.32 Å². The number of hydrogen-bond donors (Lipinski definition) is 2. The predicted molar refractivity (Wildman–Crippen MR) is 95.7 cm³/mol. The number of carbonyl (C=O) groups is 1. The van der Waals surface area contributed by atoms with Crippen LogP contribution in [0.15, 0.2) is 42.5 Å². The summed E-state index contributed by atoms with van der Waals surface area (Å²) >= 11 is 12.1. The molecule has 0 aromatic heterocycles. The molecule has 3 rings (SSSR count). The van der Waals surface area contributed by atoms with Gasteiger partial charge in [-0.3, -0.25) is 4.79 Å².